The van der Waals surface area contributed by atoms with E-state index < -0.39 is 8.80 Å². The van der Waals surface area contributed by atoms with E-state index in [2.05, 4.69) is 27.7 Å². The van der Waals surface area contributed by atoms with Crippen LogP contribution in [-0.2, 0) is 13.3 Å². The van der Waals surface area contributed by atoms with Crippen LogP contribution in [0.4, 0.5) is 0 Å². The van der Waals surface area contributed by atoms with Crippen LogP contribution in [-0.4, -0.2) is 44.1 Å². The molecule has 0 aliphatic heterocycles. The Morgan fingerprint density at radius 3 is 1.53 bits per heavy atom. The van der Waals surface area contributed by atoms with Crippen molar-refractivity contribution >= 4 is 24.2 Å². The van der Waals surface area contributed by atoms with E-state index in [4.69, 9.17) is 13.3 Å². The molecule has 0 fully saturated rings. The summed E-state index contributed by atoms with van der Waals surface area (Å²) >= 11 is -0.168. The van der Waals surface area contributed by atoms with Crippen LogP contribution in [0.15, 0.2) is 0 Å². The van der Waals surface area contributed by atoms with Crippen molar-refractivity contribution in [2.45, 2.75) is 57.1 Å². The summed E-state index contributed by atoms with van der Waals surface area (Å²) in [5.74, 6) is 0. The molecule has 0 saturated carbocycles. The molecule has 0 amide bonds. The van der Waals surface area contributed by atoms with Crippen molar-refractivity contribution < 1.29 is 13.3 Å². The van der Waals surface area contributed by atoms with Gasteiger partial charge in [-0.2, -0.15) is 0 Å². The van der Waals surface area contributed by atoms with E-state index in [1.807, 2.05) is 20.8 Å². The van der Waals surface area contributed by atoms with Crippen LogP contribution in [0.5, 0.6) is 0 Å². The van der Waals surface area contributed by atoms with E-state index >= 15 is 0 Å². The molecule has 3 nitrogen and oxygen atoms in total. The topological polar surface area (TPSA) is 27.7 Å². The second-order valence-corrected chi connectivity index (χ2v) is 14.7. The van der Waals surface area contributed by atoms with Crippen molar-refractivity contribution in [1.29, 1.82) is 0 Å². The summed E-state index contributed by atoms with van der Waals surface area (Å²) in [6.45, 7) is 17.2. The fourth-order valence-electron chi connectivity index (χ4n) is 1.84. The Morgan fingerprint density at radius 1 is 0.941 bits per heavy atom. The quantitative estimate of drug-likeness (QED) is 0.642. The molecule has 1 atom stereocenters. The van der Waals surface area contributed by atoms with Crippen molar-refractivity contribution in [2.24, 2.45) is 0 Å². The molecule has 0 aliphatic rings. The maximum absolute atomic E-state index is 5.94. The third kappa shape index (κ3) is 6.38. The van der Waals surface area contributed by atoms with Gasteiger partial charge in [-0.15, -0.1) is 0 Å². The van der Waals surface area contributed by atoms with E-state index in [0.717, 1.165) is 0 Å². The molecule has 0 aliphatic carbocycles. The molecule has 5 heteroatoms. The number of hydrogen-bond acceptors (Lipinski definition) is 3. The van der Waals surface area contributed by atoms with Crippen LogP contribution in [0.1, 0.15) is 48.5 Å². The van der Waals surface area contributed by atoms with Gasteiger partial charge in [-0.1, -0.05) is 0 Å². The average Bonchev–Trinajstić information content (AvgIpc) is 2.16. The molecule has 0 aromatic heterocycles. The molecule has 0 heterocycles. The summed E-state index contributed by atoms with van der Waals surface area (Å²) in [4.78, 5) is 0. The molecule has 0 aromatic carbocycles. The monoisotopic (exact) mass is 322 g/mol. The van der Waals surface area contributed by atoms with E-state index in [1.165, 1.54) is 0 Å². The molecule has 0 N–H and O–H groups in total. The van der Waals surface area contributed by atoms with Crippen LogP contribution < -0.4 is 0 Å². The molecule has 0 saturated heterocycles. The van der Waals surface area contributed by atoms with Gasteiger partial charge in [0.1, 0.15) is 0 Å². The first-order valence-electron chi connectivity index (χ1n) is 6.50. The van der Waals surface area contributed by atoms with Gasteiger partial charge in [0.15, 0.2) is 0 Å². The zero-order chi connectivity index (χ0) is 13.5. The summed E-state index contributed by atoms with van der Waals surface area (Å²) in [5, 5.41) is 0. The molecule has 0 spiro atoms. The van der Waals surface area contributed by atoms with E-state index in [-0.39, 0.29) is 15.4 Å². The third-order valence-electron chi connectivity index (χ3n) is 2.22. The molecule has 17 heavy (non-hydrogen) atoms. The van der Waals surface area contributed by atoms with Gasteiger partial charge in [0.05, 0.1) is 0 Å². The summed E-state index contributed by atoms with van der Waals surface area (Å²) < 4.78 is 18.7. The van der Waals surface area contributed by atoms with Crippen LogP contribution in [0, 0.1) is 0 Å². The summed E-state index contributed by atoms with van der Waals surface area (Å²) in [7, 11) is -2.45. The summed E-state index contributed by atoms with van der Waals surface area (Å²) in [5.41, 5.74) is 0. The van der Waals surface area contributed by atoms with Gasteiger partial charge in [0, 0.05) is 0 Å². The van der Waals surface area contributed by atoms with Crippen molar-refractivity contribution in [3.05, 3.63) is 0 Å². The van der Waals surface area contributed by atoms with Gasteiger partial charge in [-0.25, -0.2) is 0 Å². The molecular formula is C12H28GeO3Si. The first-order valence-corrected chi connectivity index (χ1v) is 10.6. The Morgan fingerprint density at radius 2 is 1.29 bits per heavy atom. The van der Waals surface area contributed by atoms with Gasteiger partial charge in [-0.05, 0) is 0 Å². The van der Waals surface area contributed by atoms with E-state index in [9.17, 15) is 0 Å². The second kappa shape index (κ2) is 7.94. The zero-order valence-corrected chi connectivity index (χ0v) is 15.5. The van der Waals surface area contributed by atoms with Gasteiger partial charge in [-0.3, -0.25) is 0 Å². The van der Waals surface area contributed by atoms with Gasteiger partial charge >= 0.3 is 114 Å². The average molecular weight is 321 g/mol. The number of hydrogen-bond donors (Lipinski definition) is 0. The van der Waals surface area contributed by atoms with Crippen LogP contribution >= 0.6 is 0 Å². The van der Waals surface area contributed by atoms with Gasteiger partial charge in [0.25, 0.3) is 0 Å². The molecular weight excluding hydrogens is 293 g/mol. The van der Waals surface area contributed by atoms with Crippen LogP contribution in [0.2, 0.25) is 8.62 Å². The van der Waals surface area contributed by atoms with Crippen molar-refractivity contribution in [3.63, 3.8) is 0 Å². The van der Waals surface area contributed by atoms with E-state index in [0.29, 0.717) is 28.4 Å². The normalized spacial score (nSPS) is 15.0. The summed E-state index contributed by atoms with van der Waals surface area (Å²) in [6, 6.07) is 0. The fraction of sp³-hybridized carbons (Fsp3) is 1.00. The zero-order valence-electron chi connectivity index (χ0n) is 12.4. The molecule has 1 unspecified atom stereocenters. The molecule has 2 radical (unpaired) electrons. The predicted molar refractivity (Wildman–Crippen MR) is 75.5 cm³/mol. The van der Waals surface area contributed by atoms with Crippen molar-refractivity contribution in [1.82, 2.24) is 0 Å². The number of rotatable bonds is 8. The predicted octanol–water partition coefficient (Wildman–Crippen LogP) is 3.31. The third-order valence-corrected chi connectivity index (χ3v) is 11.1. The van der Waals surface area contributed by atoms with Crippen molar-refractivity contribution in [2.75, 3.05) is 19.8 Å². The van der Waals surface area contributed by atoms with E-state index in [1.54, 1.807) is 0 Å². The van der Waals surface area contributed by atoms with Crippen molar-refractivity contribution in [3.8, 4) is 0 Å². The molecule has 0 aromatic rings. The first kappa shape index (κ1) is 17.6. The fourth-order valence-corrected chi connectivity index (χ4v) is 11.9. The van der Waals surface area contributed by atoms with Gasteiger partial charge < -0.3 is 0 Å². The van der Waals surface area contributed by atoms with Gasteiger partial charge in [0.2, 0.25) is 0 Å². The molecule has 0 bridgehead atoms. The standard InChI is InChI=1S/C12H28GeO3Si/c1-8-14-17(15-9-2,16-10-3)11(4)13-12(5,6)7/h11H,8-10H2,1-7H3. The Hall–Kier alpha value is 0.640. The minimum atomic E-state index is -2.45. The SMILES string of the molecule is CCO[Si](OCC)(OCC)[CH](C)[Ge][C](C)(C)C. The maximum atomic E-state index is 5.94. The van der Waals surface area contributed by atoms with Crippen LogP contribution in [0.25, 0.3) is 0 Å². The summed E-state index contributed by atoms with van der Waals surface area (Å²) in [6.07, 6.45) is 0. The second-order valence-electron chi connectivity index (χ2n) is 5.02. The first-order chi connectivity index (χ1) is 7.81. The Labute approximate surface area is 114 Å². The Kier molecular flexibility index (Phi) is 8.24. The molecule has 0 rings (SSSR count). The van der Waals surface area contributed by atoms with Crippen LogP contribution in [0.3, 0.4) is 0 Å². The Bertz CT molecular complexity index is 189. The Balaban J connectivity index is 4.83. The molecule has 102 valence electrons. The minimum absolute atomic E-state index is 0.168.